The summed E-state index contributed by atoms with van der Waals surface area (Å²) in [6, 6.07) is 8.22. The van der Waals surface area contributed by atoms with E-state index < -0.39 is 6.10 Å². The average molecular weight is 293 g/mol. The van der Waals surface area contributed by atoms with Crippen LogP contribution in [0.1, 0.15) is 52.7 Å². The molecule has 0 saturated carbocycles. The van der Waals surface area contributed by atoms with Crippen molar-refractivity contribution in [3.8, 4) is 5.75 Å². The summed E-state index contributed by atoms with van der Waals surface area (Å²) >= 11 is 0. The van der Waals surface area contributed by atoms with Gasteiger partial charge in [-0.1, -0.05) is 26.0 Å². The van der Waals surface area contributed by atoms with E-state index in [1.165, 1.54) is 0 Å². The Morgan fingerprint density at radius 3 is 2.10 bits per heavy atom. The van der Waals surface area contributed by atoms with Crippen LogP contribution in [-0.2, 0) is 0 Å². The van der Waals surface area contributed by atoms with Crippen LogP contribution in [0.4, 0.5) is 0 Å². The third kappa shape index (κ3) is 6.49. The lowest BCUT2D eigenvalue weighted by Crippen LogP contribution is -2.33. The van der Waals surface area contributed by atoms with Gasteiger partial charge in [-0.05, 0) is 57.9 Å². The van der Waals surface area contributed by atoms with Crippen molar-refractivity contribution in [1.29, 1.82) is 0 Å². The predicted molar refractivity (Wildman–Crippen MR) is 88.7 cm³/mol. The molecule has 0 heterocycles. The van der Waals surface area contributed by atoms with Crippen LogP contribution in [0.3, 0.4) is 0 Å². The SMILES string of the molecule is CC(C)CC(C)N(C)CC(O)c1ccc(OC(C)C)cc1. The Morgan fingerprint density at radius 1 is 1.05 bits per heavy atom. The molecule has 21 heavy (non-hydrogen) atoms. The summed E-state index contributed by atoms with van der Waals surface area (Å²) in [6.45, 7) is 11.3. The number of aliphatic hydroxyl groups is 1. The predicted octanol–water partition coefficient (Wildman–Crippen LogP) is 3.87. The number of benzene rings is 1. The quantitative estimate of drug-likeness (QED) is 0.789. The van der Waals surface area contributed by atoms with Crippen molar-refractivity contribution < 1.29 is 9.84 Å². The van der Waals surface area contributed by atoms with E-state index >= 15 is 0 Å². The Morgan fingerprint density at radius 2 is 1.62 bits per heavy atom. The lowest BCUT2D eigenvalue weighted by Gasteiger charge is -2.28. The molecular weight excluding hydrogens is 262 g/mol. The van der Waals surface area contributed by atoms with E-state index in [0.29, 0.717) is 18.5 Å². The van der Waals surface area contributed by atoms with E-state index in [1.54, 1.807) is 0 Å². The van der Waals surface area contributed by atoms with E-state index in [4.69, 9.17) is 4.74 Å². The Labute approximate surface area is 129 Å². The molecule has 0 bridgehead atoms. The summed E-state index contributed by atoms with van der Waals surface area (Å²) in [6.07, 6.45) is 0.853. The van der Waals surface area contributed by atoms with Crippen molar-refractivity contribution in [1.82, 2.24) is 4.90 Å². The van der Waals surface area contributed by atoms with Gasteiger partial charge in [-0.25, -0.2) is 0 Å². The zero-order valence-corrected chi connectivity index (χ0v) is 14.3. The van der Waals surface area contributed by atoms with Crippen molar-refractivity contribution in [3.63, 3.8) is 0 Å². The minimum Gasteiger partial charge on any atom is -0.491 e. The number of hydrogen-bond donors (Lipinski definition) is 1. The van der Waals surface area contributed by atoms with Gasteiger partial charge in [0.1, 0.15) is 5.75 Å². The molecule has 0 spiro atoms. The minimum atomic E-state index is -0.460. The monoisotopic (exact) mass is 293 g/mol. The summed E-state index contributed by atoms with van der Waals surface area (Å²) in [5, 5.41) is 10.4. The number of nitrogens with zero attached hydrogens (tertiary/aromatic N) is 1. The normalized spacial score (nSPS) is 14.8. The highest BCUT2D eigenvalue weighted by atomic mass is 16.5. The van der Waals surface area contributed by atoms with E-state index in [2.05, 4.69) is 32.7 Å². The number of ether oxygens (including phenoxy) is 1. The molecule has 0 fully saturated rings. The first kappa shape index (κ1) is 18.0. The van der Waals surface area contributed by atoms with Gasteiger partial charge in [-0.2, -0.15) is 0 Å². The third-order valence-corrected chi connectivity index (χ3v) is 3.66. The highest BCUT2D eigenvalue weighted by Gasteiger charge is 2.16. The first-order valence-corrected chi connectivity index (χ1v) is 7.94. The van der Waals surface area contributed by atoms with Crippen molar-refractivity contribution in [2.75, 3.05) is 13.6 Å². The van der Waals surface area contributed by atoms with Crippen LogP contribution in [0.25, 0.3) is 0 Å². The maximum Gasteiger partial charge on any atom is 0.119 e. The molecule has 2 atom stereocenters. The molecule has 0 aromatic heterocycles. The van der Waals surface area contributed by atoms with Crippen molar-refractivity contribution >= 4 is 0 Å². The van der Waals surface area contributed by atoms with Gasteiger partial charge in [0, 0.05) is 12.6 Å². The second-order valence-corrected chi connectivity index (χ2v) is 6.67. The molecule has 0 saturated heterocycles. The lowest BCUT2D eigenvalue weighted by molar-refractivity contribution is 0.102. The third-order valence-electron chi connectivity index (χ3n) is 3.66. The Balaban J connectivity index is 2.56. The van der Waals surface area contributed by atoms with Gasteiger partial charge in [0.05, 0.1) is 12.2 Å². The van der Waals surface area contributed by atoms with Crippen LogP contribution in [0.5, 0.6) is 5.75 Å². The molecule has 1 N–H and O–H groups in total. The van der Waals surface area contributed by atoms with Crippen molar-refractivity contribution in [2.24, 2.45) is 5.92 Å². The van der Waals surface area contributed by atoms with Crippen LogP contribution in [0, 0.1) is 5.92 Å². The highest BCUT2D eigenvalue weighted by Crippen LogP contribution is 2.20. The molecule has 0 radical (unpaired) electrons. The molecule has 3 heteroatoms. The van der Waals surface area contributed by atoms with Crippen molar-refractivity contribution in [2.45, 2.75) is 59.3 Å². The van der Waals surface area contributed by atoms with Crippen molar-refractivity contribution in [3.05, 3.63) is 29.8 Å². The Hall–Kier alpha value is -1.06. The molecule has 1 aromatic carbocycles. The van der Waals surface area contributed by atoms with E-state index in [-0.39, 0.29) is 6.10 Å². The molecule has 3 nitrogen and oxygen atoms in total. The number of hydrogen-bond acceptors (Lipinski definition) is 3. The molecule has 0 amide bonds. The highest BCUT2D eigenvalue weighted by molar-refractivity contribution is 5.28. The molecular formula is C18H31NO2. The number of aliphatic hydroxyl groups excluding tert-OH is 1. The maximum absolute atomic E-state index is 10.4. The first-order valence-electron chi connectivity index (χ1n) is 7.94. The number of rotatable bonds is 8. The smallest absolute Gasteiger partial charge is 0.119 e. The minimum absolute atomic E-state index is 0.170. The largest absolute Gasteiger partial charge is 0.491 e. The van der Waals surface area contributed by atoms with Gasteiger partial charge in [0.15, 0.2) is 0 Å². The second-order valence-electron chi connectivity index (χ2n) is 6.67. The molecule has 1 rings (SSSR count). The zero-order valence-electron chi connectivity index (χ0n) is 14.3. The lowest BCUT2D eigenvalue weighted by atomic mass is 10.0. The summed E-state index contributed by atoms with van der Waals surface area (Å²) < 4.78 is 5.62. The van der Waals surface area contributed by atoms with Crippen LogP contribution in [0.2, 0.25) is 0 Å². The number of likely N-dealkylation sites (N-methyl/N-ethyl adjacent to an activating group) is 1. The van der Waals surface area contributed by atoms with E-state index in [9.17, 15) is 5.11 Å². The average Bonchev–Trinajstić information content (AvgIpc) is 2.37. The standard InChI is InChI=1S/C18H31NO2/c1-13(2)11-15(5)19(6)12-18(20)16-7-9-17(10-8-16)21-14(3)4/h7-10,13-15,18,20H,11-12H2,1-6H3. The molecule has 0 aliphatic heterocycles. The topological polar surface area (TPSA) is 32.7 Å². The first-order chi connectivity index (χ1) is 9.79. The van der Waals surface area contributed by atoms with Gasteiger partial charge in [-0.15, -0.1) is 0 Å². The molecule has 120 valence electrons. The fourth-order valence-electron chi connectivity index (χ4n) is 2.46. The Bertz CT molecular complexity index is 400. The zero-order chi connectivity index (χ0) is 16.0. The molecule has 0 aliphatic rings. The van der Waals surface area contributed by atoms with Crippen LogP contribution in [0.15, 0.2) is 24.3 Å². The van der Waals surface area contributed by atoms with Gasteiger partial charge >= 0.3 is 0 Å². The van der Waals surface area contributed by atoms with Crippen LogP contribution < -0.4 is 4.74 Å². The van der Waals surface area contributed by atoms with E-state index in [1.807, 2.05) is 38.1 Å². The molecule has 2 unspecified atom stereocenters. The molecule has 0 aliphatic carbocycles. The van der Waals surface area contributed by atoms with Gasteiger partial charge in [-0.3, -0.25) is 0 Å². The van der Waals surface area contributed by atoms with Crippen LogP contribution >= 0.6 is 0 Å². The van der Waals surface area contributed by atoms with Gasteiger partial charge < -0.3 is 14.7 Å². The van der Waals surface area contributed by atoms with E-state index in [0.717, 1.165) is 17.7 Å². The maximum atomic E-state index is 10.4. The van der Waals surface area contributed by atoms with Gasteiger partial charge in [0.2, 0.25) is 0 Å². The fraction of sp³-hybridized carbons (Fsp3) is 0.667. The van der Waals surface area contributed by atoms with Gasteiger partial charge in [0.25, 0.3) is 0 Å². The fourth-order valence-corrected chi connectivity index (χ4v) is 2.46. The second kappa shape index (κ2) is 8.40. The summed E-state index contributed by atoms with van der Waals surface area (Å²) in [7, 11) is 2.08. The molecule has 1 aromatic rings. The summed E-state index contributed by atoms with van der Waals surface area (Å²) in [5.74, 6) is 1.52. The van der Waals surface area contributed by atoms with Crippen LogP contribution in [-0.4, -0.2) is 35.7 Å². The summed E-state index contributed by atoms with van der Waals surface area (Å²) in [5.41, 5.74) is 0.940. The summed E-state index contributed by atoms with van der Waals surface area (Å²) in [4.78, 5) is 2.23. The Kier molecular flexibility index (Phi) is 7.20.